The minimum Gasteiger partial charge on any atom is -0.374 e. The van der Waals surface area contributed by atoms with Crippen LogP contribution in [0.3, 0.4) is 0 Å². The Labute approximate surface area is 119 Å². The molecule has 1 amide bonds. The number of hydrogen-bond acceptors (Lipinski definition) is 4. The molecule has 0 radical (unpaired) electrons. The van der Waals surface area contributed by atoms with Gasteiger partial charge in [0.25, 0.3) is 0 Å². The highest BCUT2D eigenvalue weighted by Gasteiger charge is 2.33. The van der Waals surface area contributed by atoms with Crippen molar-refractivity contribution in [3.05, 3.63) is 24.3 Å². The van der Waals surface area contributed by atoms with E-state index in [1.54, 1.807) is 6.20 Å². The highest BCUT2D eigenvalue weighted by molar-refractivity contribution is 5.76. The van der Waals surface area contributed by atoms with Crippen LogP contribution in [0.15, 0.2) is 18.6 Å². The molecular weight excluding hydrogens is 254 g/mol. The van der Waals surface area contributed by atoms with Gasteiger partial charge in [0.15, 0.2) is 0 Å². The molecule has 2 fully saturated rings. The number of ether oxygens (including phenoxy) is 1. The standard InChI is InChI=1S/C15H21N3O2/c19-15(5-4-13-6-7-16-11-17-13)18-8-9-20-14(10-18)12-2-1-3-12/h6-7,11-12,14H,1-5,8-10H2. The van der Waals surface area contributed by atoms with Gasteiger partial charge in [0, 0.05) is 31.4 Å². The van der Waals surface area contributed by atoms with Crippen LogP contribution in [0.25, 0.3) is 0 Å². The summed E-state index contributed by atoms with van der Waals surface area (Å²) >= 11 is 0. The van der Waals surface area contributed by atoms with Gasteiger partial charge in [-0.3, -0.25) is 4.79 Å². The molecule has 5 heteroatoms. The summed E-state index contributed by atoms with van der Waals surface area (Å²) in [6, 6.07) is 1.86. The number of rotatable bonds is 4. The van der Waals surface area contributed by atoms with Crippen molar-refractivity contribution < 1.29 is 9.53 Å². The predicted octanol–water partition coefficient (Wildman–Crippen LogP) is 1.44. The van der Waals surface area contributed by atoms with E-state index in [1.165, 1.54) is 25.6 Å². The monoisotopic (exact) mass is 275 g/mol. The number of hydrogen-bond donors (Lipinski definition) is 0. The number of carbonyl (C=O) groups is 1. The predicted molar refractivity (Wildman–Crippen MR) is 74.0 cm³/mol. The fourth-order valence-electron chi connectivity index (χ4n) is 2.86. The Hall–Kier alpha value is -1.49. The number of amides is 1. The van der Waals surface area contributed by atoms with Gasteiger partial charge < -0.3 is 9.64 Å². The molecular formula is C15H21N3O2. The zero-order valence-electron chi connectivity index (χ0n) is 11.7. The lowest BCUT2D eigenvalue weighted by molar-refractivity contribution is -0.142. The summed E-state index contributed by atoms with van der Waals surface area (Å²) in [6.07, 6.45) is 8.55. The largest absolute Gasteiger partial charge is 0.374 e. The van der Waals surface area contributed by atoms with E-state index >= 15 is 0 Å². The Morgan fingerprint density at radius 1 is 1.45 bits per heavy atom. The van der Waals surface area contributed by atoms with Crippen molar-refractivity contribution in [1.82, 2.24) is 14.9 Å². The molecule has 1 aliphatic heterocycles. The van der Waals surface area contributed by atoms with E-state index < -0.39 is 0 Å². The van der Waals surface area contributed by atoms with Crippen molar-refractivity contribution >= 4 is 5.91 Å². The molecule has 1 saturated carbocycles. The second-order valence-electron chi connectivity index (χ2n) is 5.64. The molecule has 1 unspecified atom stereocenters. The molecule has 0 spiro atoms. The minimum absolute atomic E-state index is 0.219. The number of carbonyl (C=O) groups excluding carboxylic acids is 1. The Bertz CT molecular complexity index is 448. The maximum absolute atomic E-state index is 12.3. The van der Waals surface area contributed by atoms with Crippen LogP contribution in [-0.2, 0) is 16.0 Å². The van der Waals surface area contributed by atoms with Crippen molar-refractivity contribution in [1.29, 1.82) is 0 Å². The topological polar surface area (TPSA) is 55.3 Å². The van der Waals surface area contributed by atoms with Crippen LogP contribution >= 0.6 is 0 Å². The van der Waals surface area contributed by atoms with Crippen LogP contribution in [0.5, 0.6) is 0 Å². The Balaban J connectivity index is 1.49. The minimum atomic E-state index is 0.219. The molecule has 5 nitrogen and oxygen atoms in total. The first-order valence-electron chi connectivity index (χ1n) is 7.47. The summed E-state index contributed by atoms with van der Waals surface area (Å²) in [4.78, 5) is 22.3. The van der Waals surface area contributed by atoms with Crippen molar-refractivity contribution in [3.63, 3.8) is 0 Å². The van der Waals surface area contributed by atoms with E-state index in [-0.39, 0.29) is 12.0 Å². The third-order valence-electron chi connectivity index (χ3n) is 4.36. The maximum atomic E-state index is 12.3. The van der Waals surface area contributed by atoms with E-state index in [0.717, 1.165) is 18.8 Å². The Kier molecular flexibility index (Phi) is 4.25. The molecule has 1 atom stereocenters. The van der Waals surface area contributed by atoms with Gasteiger partial charge in [-0.15, -0.1) is 0 Å². The van der Waals surface area contributed by atoms with E-state index in [0.29, 0.717) is 25.4 Å². The molecule has 1 saturated heterocycles. The summed E-state index contributed by atoms with van der Waals surface area (Å²) in [5.74, 6) is 0.892. The Morgan fingerprint density at radius 2 is 2.35 bits per heavy atom. The lowest BCUT2D eigenvalue weighted by Gasteiger charge is -2.40. The van der Waals surface area contributed by atoms with Gasteiger partial charge in [0.05, 0.1) is 12.7 Å². The average Bonchev–Trinajstić information content (AvgIpc) is 2.44. The molecule has 1 aromatic rings. The van der Waals surface area contributed by atoms with Crippen LogP contribution in [0, 0.1) is 5.92 Å². The smallest absolute Gasteiger partial charge is 0.223 e. The van der Waals surface area contributed by atoms with Crippen molar-refractivity contribution in [2.24, 2.45) is 5.92 Å². The molecule has 1 aromatic heterocycles. The third kappa shape index (κ3) is 3.15. The van der Waals surface area contributed by atoms with Gasteiger partial charge in [0.1, 0.15) is 6.33 Å². The SMILES string of the molecule is O=C(CCc1ccncn1)N1CCOC(C2CCC2)C1. The fraction of sp³-hybridized carbons (Fsp3) is 0.667. The first kappa shape index (κ1) is 13.5. The average molecular weight is 275 g/mol. The molecule has 2 aliphatic rings. The summed E-state index contributed by atoms with van der Waals surface area (Å²) in [6.45, 7) is 2.18. The van der Waals surface area contributed by atoms with Crippen molar-refractivity contribution in [2.75, 3.05) is 19.7 Å². The third-order valence-corrected chi connectivity index (χ3v) is 4.36. The van der Waals surface area contributed by atoms with Gasteiger partial charge in [0.2, 0.25) is 5.91 Å². The van der Waals surface area contributed by atoms with Gasteiger partial charge in [-0.25, -0.2) is 9.97 Å². The first-order valence-corrected chi connectivity index (χ1v) is 7.47. The van der Waals surface area contributed by atoms with Crippen LogP contribution in [0.1, 0.15) is 31.4 Å². The second kappa shape index (κ2) is 6.31. The maximum Gasteiger partial charge on any atom is 0.223 e. The normalized spacial score (nSPS) is 23.4. The molecule has 1 aliphatic carbocycles. The molecule has 3 rings (SSSR count). The highest BCUT2D eigenvalue weighted by Crippen LogP contribution is 2.32. The van der Waals surface area contributed by atoms with Gasteiger partial charge in [-0.1, -0.05) is 6.42 Å². The van der Waals surface area contributed by atoms with E-state index in [1.807, 2.05) is 11.0 Å². The van der Waals surface area contributed by atoms with Gasteiger partial charge in [-0.2, -0.15) is 0 Å². The molecule has 0 bridgehead atoms. The lowest BCUT2D eigenvalue weighted by atomic mass is 9.80. The van der Waals surface area contributed by atoms with E-state index in [9.17, 15) is 4.79 Å². The number of aryl methyl sites for hydroxylation is 1. The van der Waals surface area contributed by atoms with Crippen LogP contribution in [0.2, 0.25) is 0 Å². The zero-order valence-corrected chi connectivity index (χ0v) is 11.7. The van der Waals surface area contributed by atoms with Crippen molar-refractivity contribution in [3.8, 4) is 0 Å². The summed E-state index contributed by atoms with van der Waals surface area (Å²) in [7, 11) is 0. The number of nitrogens with zero attached hydrogens (tertiary/aromatic N) is 3. The first-order chi connectivity index (χ1) is 9.83. The number of aromatic nitrogens is 2. The van der Waals surface area contributed by atoms with E-state index in [4.69, 9.17) is 4.74 Å². The Morgan fingerprint density at radius 3 is 3.05 bits per heavy atom. The zero-order chi connectivity index (χ0) is 13.8. The van der Waals surface area contributed by atoms with Crippen LogP contribution in [-0.4, -0.2) is 46.6 Å². The van der Waals surface area contributed by atoms with Crippen LogP contribution in [0.4, 0.5) is 0 Å². The summed E-state index contributed by atoms with van der Waals surface area (Å²) in [5.41, 5.74) is 0.928. The van der Waals surface area contributed by atoms with Gasteiger partial charge in [-0.05, 0) is 31.2 Å². The lowest BCUT2D eigenvalue weighted by Crippen LogP contribution is -2.49. The quantitative estimate of drug-likeness (QED) is 0.834. The molecule has 20 heavy (non-hydrogen) atoms. The fourth-order valence-corrected chi connectivity index (χ4v) is 2.86. The van der Waals surface area contributed by atoms with Crippen molar-refractivity contribution in [2.45, 2.75) is 38.2 Å². The van der Waals surface area contributed by atoms with Crippen LogP contribution < -0.4 is 0 Å². The summed E-state index contributed by atoms with van der Waals surface area (Å²) in [5, 5.41) is 0. The number of morpholine rings is 1. The molecule has 2 heterocycles. The molecule has 0 aromatic carbocycles. The highest BCUT2D eigenvalue weighted by atomic mass is 16.5. The van der Waals surface area contributed by atoms with Gasteiger partial charge >= 0.3 is 0 Å². The summed E-state index contributed by atoms with van der Waals surface area (Å²) < 4.78 is 5.81. The molecule has 108 valence electrons. The second-order valence-corrected chi connectivity index (χ2v) is 5.64. The molecule has 0 N–H and O–H groups in total. The van der Waals surface area contributed by atoms with E-state index in [2.05, 4.69) is 9.97 Å².